The largest absolute Gasteiger partial charge is 0.370 e. The molecule has 0 atom stereocenters. The number of anilines is 1. The molecular weight excluding hydrogens is 262 g/mol. The third-order valence-corrected chi connectivity index (χ3v) is 3.51. The Hall–Kier alpha value is -1.91. The molecule has 0 saturated carbocycles. The van der Waals surface area contributed by atoms with E-state index in [1.54, 1.807) is 4.68 Å². The molecular formula is C16H25N5. The summed E-state index contributed by atoms with van der Waals surface area (Å²) in [4.78, 5) is 9.46. The van der Waals surface area contributed by atoms with E-state index in [-0.39, 0.29) is 0 Å². The Morgan fingerprint density at radius 1 is 1.19 bits per heavy atom. The third kappa shape index (κ3) is 3.23. The number of nitrogens with zero attached hydrogens (tertiary/aromatic N) is 4. The minimum Gasteiger partial charge on any atom is -0.370 e. The van der Waals surface area contributed by atoms with Gasteiger partial charge in [0.05, 0.1) is 11.3 Å². The lowest BCUT2D eigenvalue weighted by molar-refractivity contribution is 0.756. The number of hydrogen-bond donors (Lipinski definition) is 1. The lowest BCUT2D eigenvalue weighted by atomic mass is 10.0. The van der Waals surface area contributed by atoms with Crippen LogP contribution in [0.15, 0.2) is 6.20 Å². The number of aryl methyl sites for hydroxylation is 3. The summed E-state index contributed by atoms with van der Waals surface area (Å²) in [5.74, 6) is 2.10. The van der Waals surface area contributed by atoms with Crippen LogP contribution in [-0.4, -0.2) is 26.3 Å². The standard InChI is InChI=1S/C16H25N5/c1-7-8-17-16-14(10(2)3)12(5)18-15(19-16)13-9-21(6)20-11(13)4/h9-10H,7-8H2,1-6H3,(H,17,18,19). The van der Waals surface area contributed by atoms with E-state index in [1.807, 2.05) is 20.2 Å². The van der Waals surface area contributed by atoms with E-state index in [9.17, 15) is 0 Å². The van der Waals surface area contributed by atoms with Crippen molar-refractivity contribution >= 4 is 5.82 Å². The second kappa shape index (κ2) is 6.24. The molecule has 0 aliphatic carbocycles. The molecule has 114 valence electrons. The van der Waals surface area contributed by atoms with Crippen LogP contribution in [0.2, 0.25) is 0 Å². The van der Waals surface area contributed by atoms with Crippen LogP contribution in [0, 0.1) is 13.8 Å². The van der Waals surface area contributed by atoms with Crippen LogP contribution in [0.3, 0.4) is 0 Å². The van der Waals surface area contributed by atoms with Crippen molar-refractivity contribution in [1.29, 1.82) is 0 Å². The van der Waals surface area contributed by atoms with Gasteiger partial charge in [0.15, 0.2) is 5.82 Å². The van der Waals surface area contributed by atoms with E-state index in [4.69, 9.17) is 9.97 Å². The highest BCUT2D eigenvalue weighted by molar-refractivity contribution is 5.61. The Labute approximate surface area is 126 Å². The highest BCUT2D eigenvalue weighted by Gasteiger charge is 2.17. The molecule has 0 unspecified atom stereocenters. The zero-order chi connectivity index (χ0) is 15.6. The minimum atomic E-state index is 0.397. The smallest absolute Gasteiger partial charge is 0.165 e. The summed E-state index contributed by atoms with van der Waals surface area (Å²) in [5, 5.41) is 7.83. The Bertz CT molecular complexity index is 628. The van der Waals surface area contributed by atoms with Gasteiger partial charge in [0, 0.05) is 31.0 Å². The maximum atomic E-state index is 4.76. The Kier molecular flexibility index (Phi) is 4.60. The van der Waals surface area contributed by atoms with Crippen molar-refractivity contribution in [1.82, 2.24) is 19.7 Å². The van der Waals surface area contributed by atoms with Crippen molar-refractivity contribution in [3.63, 3.8) is 0 Å². The molecule has 5 heteroatoms. The summed E-state index contributed by atoms with van der Waals surface area (Å²) < 4.78 is 1.80. The van der Waals surface area contributed by atoms with Gasteiger partial charge in [-0.1, -0.05) is 20.8 Å². The average molecular weight is 287 g/mol. The fourth-order valence-electron chi connectivity index (χ4n) is 2.59. The van der Waals surface area contributed by atoms with E-state index >= 15 is 0 Å². The minimum absolute atomic E-state index is 0.397. The van der Waals surface area contributed by atoms with Crippen molar-refractivity contribution < 1.29 is 0 Å². The van der Waals surface area contributed by atoms with Crippen LogP contribution in [0.4, 0.5) is 5.82 Å². The summed E-state index contributed by atoms with van der Waals surface area (Å²) in [7, 11) is 1.92. The molecule has 0 aliphatic rings. The first-order valence-electron chi connectivity index (χ1n) is 7.57. The van der Waals surface area contributed by atoms with Gasteiger partial charge in [0.1, 0.15) is 5.82 Å². The molecule has 0 fully saturated rings. The Balaban J connectivity index is 2.54. The fraction of sp³-hybridized carbons (Fsp3) is 0.562. The predicted molar refractivity (Wildman–Crippen MR) is 86.6 cm³/mol. The fourth-order valence-corrected chi connectivity index (χ4v) is 2.59. The topological polar surface area (TPSA) is 55.6 Å². The average Bonchev–Trinajstić information content (AvgIpc) is 2.74. The quantitative estimate of drug-likeness (QED) is 0.915. The Morgan fingerprint density at radius 3 is 2.43 bits per heavy atom. The molecule has 21 heavy (non-hydrogen) atoms. The first-order valence-corrected chi connectivity index (χ1v) is 7.57. The maximum Gasteiger partial charge on any atom is 0.165 e. The van der Waals surface area contributed by atoms with Crippen LogP contribution in [0.1, 0.15) is 50.1 Å². The molecule has 2 aromatic heterocycles. The first-order chi connectivity index (χ1) is 9.93. The van der Waals surface area contributed by atoms with Crippen molar-refractivity contribution in [2.45, 2.75) is 47.0 Å². The van der Waals surface area contributed by atoms with Gasteiger partial charge in [-0.25, -0.2) is 9.97 Å². The highest BCUT2D eigenvalue weighted by atomic mass is 15.3. The monoisotopic (exact) mass is 287 g/mol. The van der Waals surface area contributed by atoms with E-state index in [2.05, 4.69) is 38.1 Å². The van der Waals surface area contributed by atoms with Crippen LogP contribution in [-0.2, 0) is 7.05 Å². The van der Waals surface area contributed by atoms with Gasteiger partial charge in [-0.3, -0.25) is 4.68 Å². The van der Waals surface area contributed by atoms with Crippen LogP contribution < -0.4 is 5.32 Å². The van der Waals surface area contributed by atoms with Gasteiger partial charge >= 0.3 is 0 Å². The summed E-state index contributed by atoms with van der Waals surface area (Å²) >= 11 is 0. The van der Waals surface area contributed by atoms with Crippen molar-refractivity contribution in [3.05, 3.63) is 23.1 Å². The van der Waals surface area contributed by atoms with Gasteiger partial charge < -0.3 is 5.32 Å². The molecule has 2 heterocycles. The van der Waals surface area contributed by atoms with Crippen LogP contribution >= 0.6 is 0 Å². The second-order valence-corrected chi connectivity index (χ2v) is 5.78. The van der Waals surface area contributed by atoms with Gasteiger partial charge in [0.2, 0.25) is 0 Å². The molecule has 0 spiro atoms. The van der Waals surface area contributed by atoms with Crippen LogP contribution in [0.25, 0.3) is 11.4 Å². The summed E-state index contributed by atoms with van der Waals surface area (Å²) in [5.41, 5.74) is 4.19. The van der Waals surface area contributed by atoms with Crippen molar-refractivity contribution in [2.75, 3.05) is 11.9 Å². The second-order valence-electron chi connectivity index (χ2n) is 5.78. The predicted octanol–water partition coefficient (Wildman–Crippen LogP) is 3.44. The molecule has 0 amide bonds. The molecule has 2 aromatic rings. The van der Waals surface area contributed by atoms with Gasteiger partial charge in [-0.2, -0.15) is 5.10 Å². The molecule has 1 N–H and O–H groups in total. The van der Waals surface area contributed by atoms with Crippen LogP contribution in [0.5, 0.6) is 0 Å². The number of hydrogen-bond acceptors (Lipinski definition) is 4. The lowest BCUT2D eigenvalue weighted by Crippen LogP contribution is -2.10. The summed E-state index contributed by atoms with van der Waals surface area (Å²) in [6, 6.07) is 0. The van der Waals surface area contributed by atoms with Gasteiger partial charge in [-0.15, -0.1) is 0 Å². The van der Waals surface area contributed by atoms with Gasteiger partial charge in [0.25, 0.3) is 0 Å². The molecule has 0 bridgehead atoms. The van der Waals surface area contributed by atoms with E-state index in [0.717, 1.165) is 41.6 Å². The zero-order valence-corrected chi connectivity index (χ0v) is 13.9. The van der Waals surface area contributed by atoms with E-state index in [0.29, 0.717) is 5.92 Å². The summed E-state index contributed by atoms with van der Waals surface area (Å²) in [6.07, 6.45) is 3.05. The normalized spacial score (nSPS) is 11.2. The number of aromatic nitrogens is 4. The molecule has 0 aliphatic heterocycles. The SMILES string of the molecule is CCCNc1nc(-c2cn(C)nc2C)nc(C)c1C(C)C. The molecule has 0 saturated heterocycles. The molecule has 5 nitrogen and oxygen atoms in total. The molecule has 2 rings (SSSR count). The highest BCUT2D eigenvalue weighted by Crippen LogP contribution is 2.29. The Morgan fingerprint density at radius 2 is 1.90 bits per heavy atom. The van der Waals surface area contributed by atoms with E-state index < -0.39 is 0 Å². The van der Waals surface area contributed by atoms with E-state index in [1.165, 1.54) is 5.56 Å². The zero-order valence-electron chi connectivity index (χ0n) is 13.9. The first kappa shape index (κ1) is 15.5. The maximum absolute atomic E-state index is 4.76. The number of nitrogens with one attached hydrogen (secondary N) is 1. The molecule has 0 radical (unpaired) electrons. The number of rotatable bonds is 5. The van der Waals surface area contributed by atoms with Crippen molar-refractivity contribution in [2.24, 2.45) is 7.05 Å². The van der Waals surface area contributed by atoms with Gasteiger partial charge in [-0.05, 0) is 26.2 Å². The lowest BCUT2D eigenvalue weighted by Gasteiger charge is -2.17. The van der Waals surface area contributed by atoms with Crippen molar-refractivity contribution in [3.8, 4) is 11.4 Å². The third-order valence-electron chi connectivity index (χ3n) is 3.51. The summed E-state index contributed by atoms with van der Waals surface area (Å²) in [6.45, 7) is 11.5. The molecule has 0 aromatic carbocycles.